The van der Waals surface area contributed by atoms with E-state index in [1.165, 1.54) is 13.8 Å². The van der Waals surface area contributed by atoms with Crippen LogP contribution in [0.1, 0.15) is 19.7 Å². The number of fused-ring (bicyclic) bond motifs is 1. The lowest BCUT2D eigenvalue weighted by molar-refractivity contribution is -0.115. The van der Waals surface area contributed by atoms with Gasteiger partial charge in [-0.15, -0.1) is 0 Å². The van der Waals surface area contributed by atoms with Crippen LogP contribution in [-0.4, -0.2) is 60.7 Å². The number of rotatable bonds is 6. The van der Waals surface area contributed by atoms with Crippen LogP contribution in [0.25, 0.3) is 22.6 Å². The van der Waals surface area contributed by atoms with Gasteiger partial charge in [0.15, 0.2) is 17.3 Å². The summed E-state index contributed by atoms with van der Waals surface area (Å²) >= 11 is 0. The van der Waals surface area contributed by atoms with Crippen molar-refractivity contribution in [3.8, 4) is 11.5 Å². The summed E-state index contributed by atoms with van der Waals surface area (Å²) in [4.78, 5) is 42.5. The first kappa shape index (κ1) is 20.8. The van der Waals surface area contributed by atoms with Crippen molar-refractivity contribution in [1.29, 1.82) is 0 Å². The topological polar surface area (TPSA) is 157 Å². The fourth-order valence-electron chi connectivity index (χ4n) is 3.03. The lowest BCUT2D eigenvalue weighted by Gasteiger charge is -2.14. The summed E-state index contributed by atoms with van der Waals surface area (Å²) < 4.78 is 6.68. The molecule has 3 aromatic heterocycles. The van der Waals surface area contributed by atoms with E-state index < -0.39 is 0 Å². The van der Waals surface area contributed by atoms with Gasteiger partial charge in [-0.1, -0.05) is 12.1 Å². The van der Waals surface area contributed by atoms with Gasteiger partial charge in [0.25, 0.3) is 0 Å². The van der Waals surface area contributed by atoms with Gasteiger partial charge >= 0.3 is 0 Å². The number of nitrogens with one attached hydrogen (secondary N) is 2. The van der Waals surface area contributed by atoms with Crippen molar-refractivity contribution >= 4 is 40.6 Å². The maximum Gasteiger partial charge on any atom is 0.234 e. The number of amides is 2. The molecule has 4 aromatic rings. The van der Waals surface area contributed by atoms with Gasteiger partial charge < -0.3 is 14.8 Å². The molecule has 13 nitrogen and oxygen atoms in total. The molecule has 164 valence electrons. The van der Waals surface area contributed by atoms with Gasteiger partial charge in [0, 0.05) is 27.9 Å². The highest BCUT2D eigenvalue weighted by Gasteiger charge is 2.22. The third-order valence-electron chi connectivity index (χ3n) is 4.31. The zero-order chi connectivity index (χ0) is 22.8. The van der Waals surface area contributed by atoms with Crippen molar-refractivity contribution in [2.75, 3.05) is 29.6 Å². The minimum absolute atomic E-state index is 0.138. The second kappa shape index (κ2) is 8.37. The third kappa shape index (κ3) is 4.21. The zero-order valence-electron chi connectivity index (χ0n) is 17.8. The number of para-hydroxylation sites is 2. The minimum Gasteiger partial charge on any atom is -0.347 e. The lowest BCUT2D eigenvalue weighted by atomic mass is 10.3. The van der Waals surface area contributed by atoms with E-state index in [4.69, 9.17) is 4.63 Å². The molecule has 4 rings (SSSR count). The van der Waals surface area contributed by atoms with Crippen LogP contribution in [0, 0.1) is 0 Å². The minimum atomic E-state index is -0.322. The predicted octanol–water partition coefficient (Wildman–Crippen LogP) is 1.30. The number of aromatic nitrogens is 7. The van der Waals surface area contributed by atoms with Crippen LogP contribution < -0.4 is 15.5 Å². The molecule has 2 amide bonds. The number of carbonyl (C=O) groups is 2. The molecule has 0 unspecified atom stereocenters. The molecule has 0 aliphatic carbocycles. The first-order valence-electron chi connectivity index (χ1n) is 9.57. The first-order valence-corrected chi connectivity index (χ1v) is 9.57. The Morgan fingerprint density at radius 2 is 1.75 bits per heavy atom. The molecule has 0 fully saturated rings. The predicted molar refractivity (Wildman–Crippen MR) is 115 cm³/mol. The third-order valence-corrected chi connectivity index (χ3v) is 4.31. The second-order valence-corrected chi connectivity index (χ2v) is 7.10. The summed E-state index contributed by atoms with van der Waals surface area (Å²) in [5, 5.41) is 12.9. The largest absolute Gasteiger partial charge is 0.347 e. The molecule has 0 saturated heterocycles. The Balaban J connectivity index is 1.84. The van der Waals surface area contributed by atoms with Crippen molar-refractivity contribution in [3.05, 3.63) is 30.1 Å². The lowest BCUT2D eigenvalue weighted by Crippen LogP contribution is -2.19. The van der Waals surface area contributed by atoms with E-state index in [1.54, 1.807) is 19.0 Å². The normalized spacial score (nSPS) is 10.9. The van der Waals surface area contributed by atoms with E-state index in [0.717, 1.165) is 5.52 Å². The molecular weight excluding hydrogens is 416 g/mol. The maximum absolute atomic E-state index is 11.6. The van der Waals surface area contributed by atoms with Crippen LogP contribution in [0.4, 0.5) is 17.7 Å². The van der Waals surface area contributed by atoms with Gasteiger partial charge in [-0.2, -0.15) is 15.0 Å². The van der Waals surface area contributed by atoms with Crippen LogP contribution in [0.15, 0.2) is 28.9 Å². The molecule has 0 aliphatic rings. The standard InChI is InChI=1S/C19H20N10O3/c1-10(30)20-16-15(26-32-27-16)17-22-12-7-5-6-8-13(12)29(17)9-14-23-18(21-11(2)31)25-19(24-14)28(3)4/h5-8H,9H2,1-4H3,(H,20,27,30)(H,21,23,24,25,31). The smallest absolute Gasteiger partial charge is 0.234 e. The average Bonchev–Trinajstić information content (AvgIpc) is 3.31. The Morgan fingerprint density at radius 1 is 1.00 bits per heavy atom. The maximum atomic E-state index is 11.6. The van der Waals surface area contributed by atoms with Gasteiger partial charge in [-0.25, -0.2) is 9.61 Å². The molecule has 0 radical (unpaired) electrons. The summed E-state index contributed by atoms with van der Waals surface area (Å²) in [6, 6.07) is 7.48. The Labute approximate surface area is 181 Å². The number of benzene rings is 1. The molecule has 0 aliphatic heterocycles. The Bertz CT molecular complexity index is 1310. The van der Waals surface area contributed by atoms with Crippen molar-refractivity contribution in [2.45, 2.75) is 20.4 Å². The molecular formula is C19H20N10O3. The summed E-state index contributed by atoms with van der Waals surface area (Å²) in [7, 11) is 3.57. The van der Waals surface area contributed by atoms with Crippen molar-refractivity contribution < 1.29 is 14.2 Å². The van der Waals surface area contributed by atoms with Crippen molar-refractivity contribution in [3.63, 3.8) is 0 Å². The highest BCUT2D eigenvalue weighted by Crippen LogP contribution is 2.28. The number of nitrogens with zero attached hydrogens (tertiary/aromatic N) is 8. The molecule has 32 heavy (non-hydrogen) atoms. The average molecular weight is 436 g/mol. The Kier molecular flexibility index (Phi) is 5.45. The Hall–Kier alpha value is -4.42. The quantitative estimate of drug-likeness (QED) is 0.451. The zero-order valence-corrected chi connectivity index (χ0v) is 17.8. The summed E-state index contributed by atoms with van der Waals surface area (Å²) in [5.74, 6) is 0.842. The monoisotopic (exact) mass is 436 g/mol. The first-order chi connectivity index (χ1) is 15.3. The van der Waals surface area contributed by atoms with Crippen LogP contribution in [0.3, 0.4) is 0 Å². The van der Waals surface area contributed by atoms with E-state index in [0.29, 0.717) is 23.1 Å². The number of carbonyl (C=O) groups excluding carboxylic acids is 2. The van der Waals surface area contributed by atoms with E-state index in [1.807, 2.05) is 28.8 Å². The van der Waals surface area contributed by atoms with Gasteiger partial charge in [0.2, 0.25) is 29.5 Å². The molecule has 2 N–H and O–H groups in total. The molecule has 0 spiro atoms. The number of anilines is 3. The molecule has 1 aromatic carbocycles. The molecule has 0 bridgehead atoms. The summed E-state index contributed by atoms with van der Waals surface area (Å²) in [5.41, 5.74) is 1.75. The van der Waals surface area contributed by atoms with Gasteiger partial charge in [-0.05, 0) is 22.4 Å². The molecule has 0 saturated carbocycles. The van der Waals surface area contributed by atoms with Crippen LogP contribution >= 0.6 is 0 Å². The SMILES string of the molecule is CC(=O)Nc1nc(Cn2c(-c3nonc3NC(C)=O)nc3ccccc32)nc(N(C)C)n1. The van der Waals surface area contributed by atoms with Gasteiger partial charge in [0.05, 0.1) is 17.6 Å². The van der Waals surface area contributed by atoms with Crippen LogP contribution in [0.5, 0.6) is 0 Å². The fraction of sp³-hybridized carbons (Fsp3) is 0.263. The highest BCUT2D eigenvalue weighted by atomic mass is 16.6. The Morgan fingerprint density at radius 3 is 2.47 bits per heavy atom. The van der Waals surface area contributed by atoms with E-state index in [9.17, 15) is 9.59 Å². The van der Waals surface area contributed by atoms with Crippen LogP contribution in [-0.2, 0) is 16.1 Å². The van der Waals surface area contributed by atoms with Gasteiger partial charge in [0.1, 0.15) is 0 Å². The second-order valence-electron chi connectivity index (χ2n) is 7.10. The fourth-order valence-corrected chi connectivity index (χ4v) is 3.03. The van der Waals surface area contributed by atoms with Crippen molar-refractivity contribution in [1.82, 2.24) is 34.8 Å². The summed E-state index contributed by atoms with van der Waals surface area (Å²) in [6.07, 6.45) is 0. The number of hydrogen-bond acceptors (Lipinski definition) is 10. The molecule has 0 atom stereocenters. The highest BCUT2D eigenvalue weighted by molar-refractivity contribution is 5.91. The van der Waals surface area contributed by atoms with E-state index in [2.05, 4.69) is 40.9 Å². The van der Waals surface area contributed by atoms with Crippen LogP contribution in [0.2, 0.25) is 0 Å². The molecule has 13 heteroatoms. The summed E-state index contributed by atoms with van der Waals surface area (Å²) in [6.45, 7) is 2.91. The van der Waals surface area contributed by atoms with E-state index >= 15 is 0 Å². The van der Waals surface area contributed by atoms with E-state index in [-0.39, 0.29) is 35.8 Å². The van der Waals surface area contributed by atoms with Gasteiger partial charge in [-0.3, -0.25) is 14.9 Å². The molecule has 3 heterocycles. The number of imidazole rings is 1. The number of hydrogen-bond donors (Lipinski definition) is 2. The van der Waals surface area contributed by atoms with Crippen molar-refractivity contribution in [2.24, 2.45) is 0 Å².